The smallest absolute Gasteiger partial charge is 0.269 e. The molecule has 1 amide bonds. The molecule has 0 bridgehead atoms. The van der Waals surface area contributed by atoms with Crippen LogP contribution in [-0.4, -0.2) is 105 Å². The average Bonchev–Trinajstić information content (AvgIpc) is 3.20. The molecular formula is C44H59N3O11. The van der Waals surface area contributed by atoms with Crippen molar-refractivity contribution in [3.05, 3.63) is 94.1 Å². The lowest BCUT2D eigenvalue weighted by molar-refractivity contribution is -0.384. The minimum Gasteiger partial charge on any atom is -0.508 e. The highest BCUT2D eigenvalue weighted by atomic mass is 16.7. The molecule has 0 radical (unpaired) electrons. The number of carbonyl (C=O) groups excluding carboxylic acids is 1. The standard InChI is InChI=1S/C44H59N3O11/c1-5-24-56-44-39(46(20-25-55-26-23-50)40(52)19-14-30-12-15-32(16-13-30)47(53)54)29-37(45-58-43(2,3)4)35-27-31(10-6-8-21-48)34(11-7-9-22-49)41(42(35)44)36-28-33(51)17-18-38(36)57-44/h5,12-19,27-28,31,34,39,41-42,48-51H,1,6-11,20-26,29H2,2-4H3/t31-,34+,39-,41+,42+,44+/m0/s1. The Morgan fingerprint density at radius 3 is 2.43 bits per heavy atom. The first kappa shape index (κ1) is 44.5. The number of carbonyl (C=O) groups is 1. The average molecular weight is 806 g/mol. The highest BCUT2D eigenvalue weighted by Gasteiger charge is 2.65. The van der Waals surface area contributed by atoms with E-state index >= 15 is 0 Å². The number of benzene rings is 2. The third-order valence-corrected chi connectivity index (χ3v) is 11.0. The number of aliphatic hydroxyl groups is 3. The van der Waals surface area contributed by atoms with Crippen molar-refractivity contribution in [2.75, 3.05) is 46.2 Å². The van der Waals surface area contributed by atoms with Crippen molar-refractivity contribution in [2.24, 2.45) is 22.9 Å². The van der Waals surface area contributed by atoms with Gasteiger partial charge in [-0.05, 0) is 106 Å². The van der Waals surface area contributed by atoms with E-state index in [-0.39, 0.29) is 81.8 Å². The number of fused-ring (bicyclic) bond motifs is 2. The van der Waals surface area contributed by atoms with E-state index in [2.05, 4.69) is 12.7 Å². The quantitative estimate of drug-likeness (QED) is 0.0365. The van der Waals surface area contributed by atoms with Gasteiger partial charge in [-0.15, -0.1) is 6.58 Å². The van der Waals surface area contributed by atoms with Gasteiger partial charge in [0.1, 0.15) is 23.1 Å². The number of unbranched alkanes of at least 4 members (excludes halogenated alkanes) is 2. The van der Waals surface area contributed by atoms with Crippen LogP contribution < -0.4 is 4.74 Å². The molecule has 0 spiro atoms. The van der Waals surface area contributed by atoms with Crippen LogP contribution in [0.5, 0.6) is 11.5 Å². The van der Waals surface area contributed by atoms with Crippen LogP contribution in [0.15, 0.2) is 78.0 Å². The van der Waals surface area contributed by atoms with E-state index in [1.807, 2.05) is 20.8 Å². The lowest BCUT2D eigenvalue weighted by Crippen LogP contribution is -2.70. The van der Waals surface area contributed by atoms with Gasteiger partial charge in [-0.25, -0.2) is 0 Å². The summed E-state index contributed by atoms with van der Waals surface area (Å²) in [5.74, 6) is -2.20. The molecule has 1 saturated carbocycles. The molecule has 3 aliphatic rings. The number of hydrogen-bond donors (Lipinski definition) is 4. The van der Waals surface area contributed by atoms with Gasteiger partial charge in [-0.3, -0.25) is 14.9 Å². The number of rotatable bonds is 21. The van der Waals surface area contributed by atoms with Crippen LogP contribution in [0.25, 0.3) is 6.08 Å². The van der Waals surface area contributed by atoms with Gasteiger partial charge in [0.2, 0.25) is 11.7 Å². The van der Waals surface area contributed by atoms with Crippen LogP contribution in [0, 0.1) is 27.9 Å². The number of nitro groups is 1. The molecule has 1 heterocycles. The van der Waals surface area contributed by atoms with Crippen molar-refractivity contribution in [1.82, 2.24) is 4.90 Å². The zero-order valence-electron chi connectivity index (χ0n) is 33.8. The van der Waals surface area contributed by atoms with Gasteiger partial charge >= 0.3 is 0 Å². The van der Waals surface area contributed by atoms with Crippen molar-refractivity contribution < 1.29 is 49.2 Å². The molecule has 1 fully saturated rings. The summed E-state index contributed by atoms with van der Waals surface area (Å²) in [7, 11) is 0. The lowest BCUT2D eigenvalue weighted by Gasteiger charge is -2.60. The largest absolute Gasteiger partial charge is 0.508 e. The summed E-state index contributed by atoms with van der Waals surface area (Å²) < 4.78 is 19.8. The molecule has 1 aliphatic heterocycles. The SMILES string of the molecule is C=CCO[C@@]12Oc3ccc(O)cc3[C@H]3[C@H](CCCCO)[C@@H](CCCCO)C=C(C(=NOC(C)(C)C)C[C@@H]1N(CCOCCO)C(=O)C=Cc1ccc([N+](=O)[O-])cc1)[C@H]32. The fourth-order valence-electron chi connectivity index (χ4n) is 8.57. The van der Waals surface area contributed by atoms with Gasteiger partial charge in [0.15, 0.2) is 0 Å². The van der Waals surface area contributed by atoms with Gasteiger partial charge < -0.3 is 44.4 Å². The van der Waals surface area contributed by atoms with Crippen LogP contribution in [0.3, 0.4) is 0 Å². The number of aromatic hydroxyl groups is 1. The highest BCUT2D eigenvalue weighted by Crippen LogP contribution is 2.62. The minimum absolute atomic E-state index is 0.0160. The number of oxime groups is 1. The zero-order chi connectivity index (χ0) is 41.9. The Bertz CT molecular complexity index is 1800. The molecule has 2 aromatic rings. The maximum atomic E-state index is 14.7. The number of allylic oxidation sites excluding steroid dienone is 1. The van der Waals surface area contributed by atoms with E-state index in [1.54, 1.807) is 47.4 Å². The number of aliphatic hydroxyl groups excluding tert-OH is 3. The van der Waals surface area contributed by atoms with Gasteiger partial charge in [0.05, 0.1) is 43.0 Å². The number of phenols is 1. The maximum Gasteiger partial charge on any atom is 0.269 e. The van der Waals surface area contributed by atoms with E-state index in [9.17, 15) is 35.3 Å². The summed E-state index contributed by atoms with van der Waals surface area (Å²) in [5, 5.41) is 56.2. The van der Waals surface area contributed by atoms with E-state index in [1.165, 1.54) is 18.2 Å². The summed E-state index contributed by atoms with van der Waals surface area (Å²) in [5.41, 5.74) is 2.14. The number of non-ortho nitro benzene ring substituents is 1. The van der Waals surface area contributed by atoms with Gasteiger partial charge in [0, 0.05) is 55.9 Å². The second kappa shape index (κ2) is 20.4. The van der Waals surface area contributed by atoms with Crippen LogP contribution in [-0.2, 0) is 19.1 Å². The Hall–Kier alpha value is -4.60. The Kier molecular flexibility index (Phi) is 15.6. The Balaban J connectivity index is 1.74. The highest BCUT2D eigenvalue weighted by molar-refractivity contribution is 6.03. The normalized spacial score (nSPS) is 24.4. The molecule has 2 aromatic carbocycles. The van der Waals surface area contributed by atoms with Crippen LogP contribution >= 0.6 is 0 Å². The van der Waals surface area contributed by atoms with Gasteiger partial charge in [-0.2, -0.15) is 0 Å². The van der Waals surface area contributed by atoms with Crippen molar-refractivity contribution in [1.29, 1.82) is 0 Å². The first-order chi connectivity index (χ1) is 27.9. The van der Waals surface area contributed by atoms with Crippen LogP contribution in [0.2, 0.25) is 0 Å². The zero-order valence-corrected chi connectivity index (χ0v) is 33.8. The number of nitrogens with zero attached hydrogens (tertiary/aromatic N) is 3. The first-order valence-corrected chi connectivity index (χ1v) is 20.2. The third-order valence-electron chi connectivity index (χ3n) is 11.0. The molecule has 6 atom stereocenters. The molecule has 14 heteroatoms. The molecule has 14 nitrogen and oxygen atoms in total. The van der Waals surface area contributed by atoms with Crippen molar-refractivity contribution in [2.45, 2.75) is 89.1 Å². The monoisotopic (exact) mass is 805 g/mol. The number of ether oxygens (including phenoxy) is 3. The van der Waals surface area contributed by atoms with Gasteiger partial charge in [-0.1, -0.05) is 30.1 Å². The van der Waals surface area contributed by atoms with Crippen molar-refractivity contribution in [3.63, 3.8) is 0 Å². The number of amides is 1. The van der Waals surface area contributed by atoms with Gasteiger partial charge in [0.25, 0.3) is 5.69 Å². The number of phenolic OH excluding ortho intramolecular Hbond substituents is 1. The summed E-state index contributed by atoms with van der Waals surface area (Å²) in [4.78, 5) is 33.3. The second-order valence-corrected chi connectivity index (χ2v) is 16.0. The van der Waals surface area contributed by atoms with E-state index < -0.39 is 34.2 Å². The molecule has 0 saturated heterocycles. The Morgan fingerprint density at radius 2 is 1.78 bits per heavy atom. The predicted octanol–water partition coefficient (Wildman–Crippen LogP) is 6.28. The maximum absolute atomic E-state index is 14.7. The molecule has 4 N–H and O–H groups in total. The second-order valence-electron chi connectivity index (χ2n) is 16.0. The number of nitro benzene ring substituents is 1. The summed E-state index contributed by atoms with van der Waals surface area (Å²) in [6.45, 7) is 9.89. The summed E-state index contributed by atoms with van der Waals surface area (Å²) in [6.07, 6.45) is 11.3. The molecule has 316 valence electrons. The third kappa shape index (κ3) is 10.5. The molecular weight excluding hydrogens is 746 g/mol. The fraction of sp³-hybridized carbons (Fsp3) is 0.545. The molecule has 0 aromatic heterocycles. The van der Waals surface area contributed by atoms with Crippen molar-refractivity contribution in [3.8, 4) is 11.5 Å². The Labute approximate surface area is 340 Å². The number of hydrogen-bond acceptors (Lipinski definition) is 12. The van der Waals surface area contributed by atoms with E-state index in [0.29, 0.717) is 29.9 Å². The van der Waals surface area contributed by atoms with Crippen molar-refractivity contribution >= 4 is 23.4 Å². The molecule has 2 aliphatic carbocycles. The topological polar surface area (TPSA) is 194 Å². The molecule has 0 unspecified atom stereocenters. The lowest BCUT2D eigenvalue weighted by atomic mass is 9.55. The summed E-state index contributed by atoms with van der Waals surface area (Å²) in [6, 6.07) is 10.1. The minimum atomic E-state index is -1.52. The summed E-state index contributed by atoms with van der Waals surface area (Å²) >= 11 is 0. The fourth-order valence-corrected chi connectivity index (χ4v) is 8.57. The Morgan fingerprint density at radius 1 is 1.05 bits per heavy atom. The van der Waals surface area contributed by atoms with E-state index in [4.69, 9.17) is 24.2 Å². The first-order valence-electron chi connectivity index (χ1n) is 20.2. The predicted molar refractivity (Wildman–Crippen MR) is 219 cm³/mol. The molecule has 58 heavy (non-hydrogen) atoms. The molecule has 5 rings (SSSR count). The van der Waals surface area contributed by atoms with Crippen LogP contribution in [0.1, 0.15) is 82.8 Å². The van der Waals surface area contributed by atoms with Crippen LogP contribution in [0.4, 0.5) is 5.69 Å². The van der Waals surface area contributed by atoms with E-state index in [0.717, 1.165) is 36.8 Å².